The molecule has 0 aromatic heterocycles. The predicted octanol–water partition coefficient (Wildman–Crippen LogP) is 7.03. The molecular formula is C36H36N2O6. The zero-order chi connectivity index (χ0) is 31.6. The fourth-order valence-corrected chi connectivity index (χ4v) is 5.80. The molecular weight excluding hydrogens is 556 g/mol. The average molecular weight is 593 g/mol. The molecule has 8 heteroatoms. The minimum absolute atomic E-state index is 0.216. The molecule has 1 aliphatic heterocycles. The highest BCUT2D eigenvalue weighted by molar-refractivity contribution is 5.96. The molecule has 226 valence electrons. The number of allylic oxidation sites excluding steroid dienone is 1. The monoisotopic (exact) mass is 592 g/mol. The van der Waals surface area contributed by atoms with Crippen molar-refractivity contribution in [1.82, 2.24) is 0 Å². The van der Waals surface area contributed by atoms with Crippen LogP contribution in [0.5, 0.6) is 17.2 Å². The first-order valence-corrected chi connectivity index (χ1v) is 14.2. The van der Waals surface area contributed by atoms with Gasteiger partial charge in [0, 0.05) is 28.4 Å². The molecule has 1 heterocycles. The highest BCUT2D eigenvalue weighted by Gasteiger charge is 2.30. The number of ether oxygens (including phenoxy) is 4. The molecule has 0 radical (unpaired) electrons. The molecule has 0 saturated heterocycles. The van der Waals surface area contributed by atoms with Gasteiger partial charge in [-0.1, -0.05) is 36.4 Å². The van der Waals surface area contributed by atoms with Crippen molar-refractivity contribution < 1.29 is 28.5 Å². The Labute approximate surface area is 257 Å². The van der Waals surface area contributed by atoms with E-state index in [9.17, 15) is 9.59 Å². The SMILES string of the molecule is COC(=O)c1cccc(C(=O)Oc2ccc(-c3ccc4c(c3C(N)c3ccccc3OC)C(C)=CC(C)(C)N4)c(OC)c2)c1. The van der Waals surface area contributed by atoms with E-state index in [-0.39, 0.29) is 22.4 Å². The van der Waals surface area contributed by atoms with E-state index in [0.717, 1.165) is 39.1 Å². The second-order valence-electron chi connectivity index (χ2n) is 11.2. The summed E-state index contributed by atoms with van der Waals surface area (Å²) in [5.74, 6) is 0.319. The largest absolute Gasteiger partial charge is 0.496 e. The van der Waals surface area contributed by atoms with Crippen LogP contribution in [0.2, 0.25) is 0 Å². The number of nitrogens with one attached hydrogen (secondary N) is 1. The standard InChI is InChI=1S/C36H36N2O6/c1-21-20-36(2,3)38-28-17-16-26(32(31(21)28)33(37)27-12-7-8-13-29(27)41-4)25-15-14-24(19-30(25)42-5)44-35(40)23-11-9-10-22(18-23)34(39)43-6/h7-20,33,38H,37H2,1-6H3. The van der Waals surface area contributed by atoms with Gasteiger partial charge in [0.05, 0.1) is 44.0 Å². The molecule has 0 spiro atoms. The van der Waals surface area contributed by atoms with Crippen LogP contribution in [-0.2, 0) is 4.74 Å². The van der Waals surface area contributed by atoms with Gasteiger partial charge in [-0.25, -0.2) is 9.59 Å². The lowest BCUT2D eigenvalue weighted by Crippen LogP contribution is -2.32. The maximum atomic E-state index is 13.0. The first-order chi connectivity index (χ1) is 21.1. The fourth-order valence-electron chi connectivity index (χ4n) is 5.80. The summed E-state index contributed by atoms with van der Waals surface area (Å²) in [5, 5.41) is 3.63. The van der Waals surface area contributed by atoms with Gasteiger partial charge in [-0.15, -0.1) is 0 Å². The molecule has 44 heavy (non-hydrogen) atoms. The van der Waals surface area contributed by atoms with Crippen molar-refractivity contribution in [3.05, 3.63) is 113 Å². The van der Waals surface area contributed by atoms with Crippen LogP contribution >= 0.6 is 0 Å². The van der Waals surface area contributed by atoms with Gasteiger partial charge in [-0.05, 0) is 79.9 Å². The predicted molar refractivity (Wildman–Crippen MR) is 172 cm³/mol. The summed E-state index contributed by atoms with van der Waals surface area (Å²) in [6.07, 6.45) is 2.20. The minimum Gasteiger partial charge on any atom is -0.496 e. The van der Waals surface area contributed by atoms with Crippen molar-refractivity contribution in [3.63, 3.8) is 0 Å². The van der Waals surface area contributed by atoms with Crippen molar-refractivity contribution in [2.45, 2.75) is 32.4 Å². The summed E-state index contributed by atoms with van der Waals surface area (Å²) in [7, 11) is 4.49. The maximum absolute atomic E-state index is 13.0. The second kappa shape index (κ2) is 12.3. The smallest absolute Gasteiger partial charge is 0.343 e. The number of fused-ring (bicyclic) bond motifs is 1. The summed E-state index contributed by atoms with van der Waals surface area (Å²) < 4.78 is 22.0. The molecule has 0 saturated carbocycles. The number of carbonyl (C=O) groups is 2. The van der Waals surface area contributed by atoms with Crippen LogP contribution in [-0.4, -0.2) is 38.8 Å². The van der Waals surface area contributed by atoms with Crippen LogP contribution in [0.25, 0.3) is 16.7 Å². The van der Waals surface area contributed by atoms with Crippen LogP contribution < -0.4 is 25.3 Å². The molecule has 8 nitrogen and oxygen atoms in total. The lowest BCUT2D eigenvalue weighted by Gasteiger charge is -2.35. The normalized spacial score (nSPS) is 13.9. The number of nitrogens with two attached hydrogens (primary N) is 1. The summed E-state index contributed by atoms with van der Waals surface area (Å²) in [5.41, 5.74) is 13.8. The zero-order valence-corrected chi connectivity index (χ0v) is 25.7. The van der Waals surface area contributed by atoms with E-state index in [0.29, 0.717) is 11.5 Å². The molecule has 0 aliphatic carbocycles. The summed E-state index contributed by atoms with van der Waals surface area (Å²) in [6, 6.07) is 22.7. The number of carbonyl (C=O) groups excluding carboxylic acids is 2. The van der Waals surface area contributed by atoms with Crippen LogP contribution in [0.1, 0.15) is 64.2 Å². The maximum Gasteiger partial charge on any atom is 0.343 e. The third kappa shape index (κ3) is 5.89. The lowest BCUT2D eigenvalue weighted by atomic mass is 9.81. The Morgan fingerprint density at radius 2 is 1.48 bits per heavy atom. The van der Waals surface area contributed by atoms with Gasteiger partial charge < -0.3 is 30.0 Å². The number of rotatable bonds is 8. The van der Waals surface area contributed by atoms with Crippen LogP contribution in [0.4, 0.5) is 5.69 Å². The molecule has 1 unspecified atom stereocenters. The molecule has 3 N–H and O–H groups in total. The van der Waals surface area contributed by atoms with Crippen molar-refractivity contribution >= 4 is 23.2 Å². The number of methoxy groups -OCH3 is 3. The van der Waals surface area contributed by atoms with Gasteiger partial charge in [0.2, 0.25) is 0 Å². The van der Waals surface area contributed by atoms with Crippen LogP contribution in [0.15, 0.2) is 84.9 Å². The molecule has 0 amide bonds. The highest BCUT2D eigenvalue weighted by atomic mass is 16.5. The number of hydrogen-bond acceptors (Lipinski definition) is 8. The second-order valence-corrected chi connectivity index (χ2v) is 11.2. The third-order valence-corrected chi connectivity index (χ3v) is 7.65. The molecule has 4 aromatic carbocycles. The number of anilines is 1. The van der Waals surface area contributed by atoms with Gasteiger partial charge in [0.1, 0.15) is 17.2 Å². The van der Waals surface area contributed by atoms with Crippen LogP contribution in [0.3, 0.4) is 0 Å². The van der Waals surface area contributed by atoms with Crippen LogP contribution in [0, 0.1) is 0 Å². The van der Waals surface area contributed by atoms with E-state index in [1.807, 2.05) is 36.4 Å². The molecule has 1 aliphatic rings. The highest BCUT2D eigenvalue weighted by Crippen LogP contribution is 2.47. The van der Waals surface area contributed by atoms with Gasteiger partial charge in [-0.3, -0.25) is 0 Å². The Bertz CT molecular complexity index is 1770. The quantitative estimate of drug-likeness (QED) is 0.166. The molecule has 0 bridgehead atoms. The Morgan fingerprint density at radius 1 is 0.795 bits per heavy atom. The number of esters is 2. The van der Waals surface area contributed by atoms with Crippen molar-refractivity contribution in [2.24, 2.45) is 5.73 Å². The lowest BCUT2D eigenvalue weighted by molar-refractivity contribution is 0.0600. The van der Waals surface area contributed by atoms with Gasteiger partial charge in [0.25, 0.3) is 0 Å². The van der Waals surface area contributed by atoms with E-state index in [1.54, 1.807) is 44.6 Å². The fraction of sp³-hybridized carbons (Fsp3) is 0.222. The Kier molecular flexibility index (Phi) is 8.47. The van der Waals surface area contributed by atoms with Crippen molar-refractivity contribution in [2.75, 3.05) is 26.6 Å². The summed E-state index contributed by atoms with van der Waals surface area (Å²) in [6.45, 7) is 6.35. The van der Waals surface area contributed by atoms with Crippen molar-refractivity contribution in [3.8, 4) is 28.4 Å². The van der Waals surface area contributed by atoms with Gasteiger partial charge in [-0.2, -0.15) is 0 Å². The summed E-state index contributed by atoms with van der Waals surface area (Å²) >= 11 is 0. The molecule has 4 aromatic rings. The Morgan fingerprint density at radius 3 is 2.18 bits per heavy atom. The van der Waals surface area contributed by atoms with E-state index >= 15 is 0 Å². The topological polar surface area (TPSA) is 109 Å². The van der Waals surface area contributed by atoms with Crippen molar-refractivity contribution in [1.29, 1.82) is 0 Å². The molecule has 1 atom stereocenters. The summed E-state index contributed by atoms with van der Waals surface area (Å²) in [4.78, 5) is 24.9. The first kappa shape index (κ1) is 30.4. The number of para-hydroxylation sites is 1. The number of benzene rings is 4. The zero-order valence-electron chi connectivity index (χ0n) is 25.7. The van der Waals surface area contributed by atoms with E-state index < -0.39 is 18.0 Å². The minimum atomic E-state index is -0.618. The molecule has 0 fully saturated rings. The Balaban J connectivity index is 1.60. The van der Waals surface area contributed by atoms with Gasteiger partial charge in [0.15, 0.2) is 0 Å². The van der Waals surface area contributed by atoms with E-state index in [1.165, 1.54) is 13.2 Å². The average Bonchev–Trinajstić information content (AvgIpc) is 3.03. The van der Waals surface area contributed by atoms with E-state index in [2.05, 4.69) is 38.2 Å². The Hall–Kier alpha value is -5.08. The van der Waals surface area contributed by atoms with E-state index in [4.69, 9.17) is 24.7 Å². The first-order valence-electron chi connectivity index (χ1n) is 14.2. The van der Waals surface area contributed by atoms with Gasteiger partial charge >= 0.3 is 11.9 Å². The third-order valence-electron chi connectivity index (χ3n) is 7.65. The molecule has 5 rings (SSSR count). The number of hydrogen-bond donors (Lipinski definition) is 2.